The van der Waals surface area contributed by atoms with Gasteiger partial charge >= 0.3 is 6.18 Å². The van der Waals surface area contributed by atoms with Gasteiger partial charge in [0, 0.05) is 12.6 Å². The van der Waals surface area contributed by atoms with Crippen LogP contribution in [0.1, 0.15) is 32.6 Å². The molecule has 1 aliphatic carbocycles. The maximum absolute atomic E-state index is 11.9. The van der Waals surface area contributed by atoms with Crippen LogP contribution in [0.5, 0.6) is 0 Å². The van der Waals surface area contributed by atoms with Crippen molar-refractivity contribution in [2.24, 2.45) is 0 Å². The lowest BCUT2D eigenvalue weighted by atomic mass is 9.80. The number of alkyl halides is 3. The molecule has 0 amide bonds. The Morgan fingerprint density at radius 2 is 2.00 bits per heavy atom. The van der Waals surface area contributed by atoms with Crippen molar-refractivity contribution in [2.75, 3.05) is 6.54 Å². The molecule has 14 heavy (non-hydrogen) atoms. The Morgan fingerprint density at radius 1 is 1.43 bits per heavy atom. The van der Waals surface area contributed by atoms with Crippen molar-refractivity contribution in [3.8, 4) is 0 Å². The van der Waals surface area contributed by atoms with Gasteiger partial charge in [0.15, 0.2) is 0 Å². The normalized spacial score (nSPS) is 22.9. The van der Waals surface area contributed by atoms with Gasteiger partial charge in [-0.2, -0.15) is 13.2 Å². The number of hydrogen-bond acceptors (Lipinski definition) is 2. The smallest absolute Gasteiger partial charge is 0.389 e. The SMILES string of the molecule is CC(CC(F)(F)F)NCC1(O)CCC1. The van der Waals surface area contributed by atoms with Crippen molar-refractivity contribution < 1.29 is 18.3 Å². The summed E-state index contributed by atoms with van der Waals surface area (Å²) < 4.78 is 35.8. The first-order chi connectivity index (χ1) is 6.31. The quantitative estimate of drug-likeness (QED) is 0.743. The van der Waals surface area contributed by atoms with Crippen molar-refractivity contribution >= 4 is 0 Å². The molecule has 84 valence electrons. The van der Waals surface area contributed by atoms with Crippen molar-refractivity contribution in [1.82, 2.24) is 5.32 Å². The van der Waals surface area contributed by atoms with Gasteiger partial charge in [-0.25, -0.2) is 0 Å². The lowest BCUT2D eigenvalue weighted by Crippen LogP contribution is -2.49. The summed E-state index contributed by atoms with van der Waals surface area (Å²) in [6.07, 6.45) is -2.62. The van der Waals surface area contributed by atoms with Crippen LogP contribution in [0.25, 0.3) is 0 Å². The molecule has 0 bridgehead atoms. The topological polar surface area (TPSA) is 32.3 Å². The summed E-state index contributed by atoms with van der Waals surface area (Å²) in [4.78, 5) is 0. The second kappa shape index (κ2) is 4.06. The van der Waals surface area contributed by atoms with E-state index < -0.39 is 24.2 Å². The van der Waals surface area contributed by atoms with Crippen LogP contribution in [-0.2, 0) is 0 Å². The largest absolute Gasteiger partial charge is 0.390 e. The fourth-order valence-electron chi connectivity index (χ4n) is 1.55. The molecule has 2 N–H and O–H groups in total. The van der Waals surface area contributed by atoms with Gasteiger partial charge < -0.3 is 10.4 Å². The summed E-state index contributed by atoms with van der Waals surface area (Å²) in [5.74, 6) is 0. The fourth-order valence-corrected chi connectivity index (χ4v) is 1.55. The van der Waals surface area contributed by atoms with Crippen molar-refractivity contribution in [3.05, 3.63) is 0 Å². The monoisotopic (exact) mass is 211 g/mol. The molecule has 1 rings (SSSR count). The van der Waals surface area contributed by atoms with Crippen LogP contribution in [0.4, 0.5) is 13.2 Å². The summed E-state index contributed by atoms with van der Waals surface area (Å²) in [5.41, 5.74) is -0.750. The molecular weight excluding hydrogens is 195 g/mol. The first kappa shape index (κ1) is 11.8. The number of nitrogens with one attached hydrogen (secondary N) is 1. The van der Waals surface area contributed by atoms with Crippen molar-refractivity contribution in [1.29, 1.82) is 0 Å². The maximum atomic E-state index is 11.9. The van der Waals surface area contributed by atoms with Crippen LogP contribution in [-0.4, -0.2) is 29.5 Å². The van der Waals surface area contributed by atoms with Gasteiger partial charge in [0.2, 0.25) is 0 Å². The molecule has 0 radical (unpaired) electrons. The molecule has 0 saturated heterocycles. The second-order valence-corrected chi connectivity index (χ2v) is 4.18. The summed E-state index contributed by atoms with van der Waals surface area (Å²) in [7, 11) is 0. The van der Waals surface area contributed by atoms with Crippen LogP contribution in [0.15, 0.2) is 0 Å². The van der Waals surface area contributed by atoms with E-state index >= 15 is 0 Å². The highest BCUT2D eigenvalue weighted by molar-refractivity contribution is 4.90. The molecule has 0 heterocycles. The Bertz CT molecular complexity index is 189. The zero-order valence-electron chi connectivity index (χ0n) is 8.19. The Morgan fingerprint density at radius 3 is 2.36 bits per heavy atom. The highest BCUT2D eigenvalue weighted by Gasteiger charge is 2.35. The zero-order chi connectivity index (χ0) is 10.8. The average molecular weight is 211 g/mol. The Balaban J connectivity index is 2.17. The molecule has 1 fully saturated rings. The minimum Gasteiger partial charge on any atom is -0.389 e. The van der Waals surface area contributed by atoms with E-state index in [4.69, 9.17) is 0 Å². The van der Waals surface area contributed by atoms with Gasteiger partial charge in [-0.15, -0.1) is 0 Å². The average Bonchev–Trinajstić information content (AvgIpc) is 1.94. The molecule has 1 saturated carbocycles. The molecule has 1 atom stereocenters. The summed E-state index contributed by atoms with van der Waals surface area (Å²) >= 11 is 0. The third-order valence-electron chi connectivity index (χ3n) is 2.60. The van der Waals surface area contributed by atoms with E-state index in [0.29, 0.717) is 12.8 Å². The number of hydrogen-bond donors (Lipinski definition) is 2. The molecule has 0 aromatic rings. The van der Waals surface area contributed by atoms with E-state index in [0.717, 1.165) is 6.42 Å². The Labute approximate surface area is 81.5 Å². The fraction of sp³-hybridized carbons (Fsp3) is 1.00. The summed E-state index contributed by atoms with van der Waals surface area (Å²) in [6, 6.07) is -0.625. The highest BCUT2D eigenvalue weighted by Crippen LogP contribution is 2.31. The van der Waals surface area contributed by atoms with E-state index in [1.807, 2.05) is 0 Å². The standard InChI is InChI=1S/C9H16F3NO/c1-7(5-9(10,11)12)13-6-8(14)3-2-4-8/h7,13-14H,2-6H2,1H3. The van der Waals surface area contributed by atoms with Crippen LogP contribution < -0.4 is 5.32 Å². The lowest BCUT2D eigenvalue weighted by Gasteiger charge is -2.37. The minimum absolute atomic E-state index is 0.268. The van der Waals surface area contributed by atoms with Gasteiger partial charge in [-0.3, -0.25) is 0 Å². The molecule has 0 aliphatic heterocycles. The molecule has 0 spiro atoms. The number of halogens is 3. The predicted octanol–water partition coefficient (Wildman–Crippen LogP) is 1.83. The summed E-state index contributed by atoms with van der Waals surface area (Å²) in [6.45, 7) is 1.75. The van der Waals surface area contributed by atoms with Crippen molar-refractivity contribution in [2.45, 2.75) is 50.4 Å². The van der Waals surface area contributed by atoms with Crippen molar-refractivity contribution in [3.63, 3.8) is 0 Å². The first-order valence-electron chi connectivity index (χ1n) is 4.83. The zero-order valence-corrected chi connectivity index (χ0v) is 8.19. The minimum atomic E-state index is -4.13. The van der Waals surface area contributed by atoms with E-state index in [9.17, 15) is 18.3 Å². The van der Waals surface area contributed by atoms with Crippen LogP contribution in [0, 0.1) is 0 Å². The van der Waals surface area contributed by atoms with E-state index in [-0.39, 0.29) is 6.54 Å². The first-order valence-corrected chi connectivity index (χ1v) is 4.83. The van der Waals surface area contributed by atoms with E-state index in [2.05, 4.69) is 5.32 Å². The third-order valence-corrected chi connectivity index (χ3v) is 2.60. The molecule has 1 unspecified atom stereocenters. The van der Waals surface area contributed by atoms with Gasteiger partial charge in [-0.1, -0.05) is 0 Å². The molecule has 0 aromatic heterocycles. The molecule has 0 aromatic carbocycles. The van der Waals surface area contributed by atoms with E-state index in [1.165, 1.54) is 6.92 Å². The third kappa shape index (κ3) is 3.84. The van der Waals surface area contributed by atoms with Gasteiger partial charge in [-0.05, 0) is 26.2 Å². The van der Waals surface area contributed by atoms with Gasteiger partial charge in [0.1, 0.15) is 0 Å². The summed E-state index contributed by atoms with van der Waals surface area (Å²) in [5, 5.41) is 12.3. The number of rotatable bonds is 4. The lowest BCUT2D eigenvalue weighted by molar-refractivity contribution is -0.140. The molecular formula is C9H16F3NO. The van der Waals surface area contributed by atoms with Crippen LogP contribution in [0.2, 0.25) is 0 Å². The Hall–Kier alpha value is -0.290. The van der Waals surface area contributed by atoms with Gasteiger partial charge in [0.25, 0.3) is 0 Å². The molecule has 1 aliphatic rings. The highest BCUT2D eigenvalue weighted by atomic mass is 19.4. The molecule has 2 nitrogen and oxygen atoms in total. The van der Waals surface area contributed by atoms with E-state index in [1.54, 1.807) is 0 Å². The van der Waals surface area contributed by atoms with Crippen LogP contribution in [0.3, 0.4) is 0 Å². The van der Waals surface area contributed by atoms with Crippen LogP contribution >= 0.6 is 0 Å². The number of aliphatic hydroxyl groups is 1. The second-order valence-electron chi connectivity index (χ2n) is 4.18. The Kier molecular flexibility index (Phi) is 3.42. The van der Waals surface area contributed by atoms with Gasteiger partial charge in [0.05, 0.1) is 12.0 Å². The molecule has 5 heteroatoms. The predicted molar refractivity (Wildman–Crippen MR) is 46.9 cm³/mol. The maximum Gasteiger partial charge on any atom is 0.390 e.